The Morgan fingerprint density at radius 2 is 1.84 bits per heavy atom. The predicted molar refractivity (Wildman–Crippen MR) is 76.9 cm³/mol. The molecule has 0 spiro atoms. The molecule has 0 radical (unpaired) electrons. The first-order valence-electron chi connectivity index (χ1n) is 6.69. The monoisotopic (exact) mass is 267 g/mol. The molecular formula is C15H25NO3. The Labute approximate surface area is 115 Å². The molecule has 19 heavy (non-hydrogen) atoms. The fourth-order valence-electron chi connectivity index (χ4n) is 1.50. The van der Waals surface area contributed by atoms with Gasteiger partial charge in [0, 0.05) is 18.2 Å². The zero-order chi connectivity index (χ0) is 14.3. The Hall–Kier alpha value is -1.26. The summed E-state index contributed by atoms with van der Waals surface area (Å²) in [6, 6.07) is 7.44. The third-order valence-electron chi connectivity index (χ3n) is 2.43. The molecule has 4 heteroatoms. The zero-order valence-electron chi connectivity index (χ0n) is 12.3. The van der Waals surface area contributed by atoms with Gasteiger partial charge in [-0.25, -0.2) is 0 Å². The lowest BCUT2D eigenvalue weighted by atomic mass is 10.1. The van der Waals surface area contributed by atoms with Gasteiger partial charge in [0.25, 0.3) is 0 Å². The van der Waals surface area contributed by atoms with Crippen molar-refractivity contribution in [2.75, 3.05) is 19.8 Å². The molecule has 1 unspecified atom stereocenters. The normalized spacial score (nSPS) is 13.1. The van der Waals surface area contributed by atoms with Crippen LogP contribution in [0.1, 0.15) is 27.7 Å². The van der Waals surface area contributed by atoms with Crippen molar-refractivity contribution in [2.45, 2.75) is 39.3 Å². The zero-order valence-corrected chi connectivity index (χ0v) is 12.3. The molecule has 0 saturated carbocycles. The second kappa shape index (κ2) is 7.36. The van der Waals surface area contributed by atoms with Crippen molar-refractivity contribution in [2.24, 2.45) is 0 Å². The number of ether oxygens (including phenoxy) is 2. The van der Waals surface area contributed by atoms with Gasteiger partial charge in [-0.15, -0.1) is 0 Å². The van der Waals surface area contributed by atoms with Crippen LogP contribution in [-0.2, 0) is 0 Å². The van der Waals surface area contributed by atoms with E-state index in [9.17, 15) is 5.11 Å². The van der Waals surface area contributed by atoms with E-state index in [4.69, 9.17) is 9.47 Å². The van der Waals surface area contributed by atoms with Gasteiger partial charge in [-0.3, -0.25) is 0 Å². The summed E-state index contributed by atoms with van der Waals surface area (Å²) in [5.41, 5.74) is -0.00410. The molecule has 4 nitrogen and oxygen atoms in total. The van der Waals surface area contributed by atoms with Crippen molar-refractivity contribution < 1.29 is 14.6 Å². The Morgan fingerprint density at radius 1 is 1.21 bits per heavy atom. The minimum Gasteiger partial charge on any atom is -0.494 e. The average molecular weight is 267 g/mol. The number of aliphatic hydroxyl groups is 1. The second-order valence-electron chi connectivity index (χ2n) is 5.50. The highest BCUT2D eigenvalue weighted by atomic mass is 16.5. The second-order valence-corrected chi connectivity index (χ2v) is 5.50. The standard InChI is InChI=1S/C15H25NO3/c1-5-18-13-7-6-8-14(9-13)19-11-12(17)10-16-15(2,3)4/h6-9,12,16-17H,5,10-11H2,1-4H3. The van der Waals surface area contributed by atoms with Gasteiger partial charge in [-0.05, 0) is 39.8 Å². The minimum absolute atomic E-state index is 0.00410. The molecule has 2 N–H and O–H groups in total. The molecule has 0 aromatic heterocycles. The molecule has 0 fully saturated rings. The maximum absolute atomic E-state index is 9.83. The summed E-state index contributed by atoms with van der Waals surface area (Å²) in [5.74, 6) is 1.49. The van der Waals surface area contributed by atoms with Crippen molar-refractivity contribution in [3.8, 4) is 11.5 Å². The molecule has 0 amide bonds. The quantitative estimate of drug-likeness (QED) is 0.795. The van der Waals surface area contributed by atoms with Crippen LogP contribution < -0.4 is 14.8 Å². The Morgan fingerprint density at radius 3 is 2.42 bits per heavy atom. The molecule has 0 heterocycles. The van der Waals surface area contributed by atoms with Crippen LogP contribution >= 0.6 is 0 Å². The summed E-state index contributed by atoms with van der Waals surface area (Å²) < 4.78 is 10.9. The summed E-state index contributed by atoms with van der Waals surface area (Å²) in [6.07, 6.45) is -0.532. The molecule has 1 atom stereocenters. The average Bonchev–Trinajstić information content (AvgIpc) is 2.34. The lowest BCUT2D eigenvalue weighted by Crippen LogP contribution is -2.42. The molecule has 0 aliphatic rings. The first kappa shape index (κ1) is 15.8. The molecule has 0 aliphatic carbocycles. The number of nitrogens with one attached hydrogen (secondary N) is 1. The molecule has 0 saturated heterocycles. The number of hydrogen-bond donors (Lipinski definition) is 2. The molecule has 0 bridgehead atoms. The van der Waals surface area contributed by atoms with Crippen LogP contribution in [0.2, 0.25) is 0 Å². The van der Waals surface area contributed by atoms with Crippen molar-refractivity contribution in [3.63, 3.8) is 0 Å². The van der Waals surface area contributed by atoms with Crippen molar-refractivity contribution in [1.82, 2.24) is 5.32 Å². The van der Waals surface area contributed by atoms with Crippen LogP contribution in [0.25, 0.3) is 0 Å². The van der Waals surface area contributed by atoms with Crippen molar-refractivity contribution in [1.29, 1.82) is 0 Å². The maximum Gasteiger partial charge on any atom is 0.123 e. The Kier molecular flexibility index (Phi) is 6.12. The van der Waals surface area contributed by atoms with Gasteiger partial charge in [-0.1, -0.05) is 6.07 Å². The molecule has 1 aromatic carbocycles. The van der Waals surface area contributed by atoms with E-state index in [1.165, 1.54) is 0 Å². The van der Waals surface area contributed by atoms with Crippen LogP contribution in [0.4, 0.5) is 0 Å². The summed E-state index contributed by atoms with van der Waals surface area (Å²) in [6.45, 7) is 9.52. The van der Waals surface area contributed by atoms with E-state index in [1.54, 1.807) is 0 Å². The maximum atomic E-state index is 9.83. The van der Waals surface area contributed by atoms with Gasteiger partial charge >= 0.3 is 0 Å². The van der Waals surface area contributed by atoms with Crippen LogP contribution in [0, 0.1) is 0 Å². The van der Waals surface area contributed by atoms with E-state index in [-0.39, 0.29) is 12.1 Å². The highest BCUT2D eigenvalue weighted by Crippen LogP contribution is 2.19. The van der Waals surface area contributed by atoms with Crippen LogP contribution in [-0.4, -0.2) is 36.5 Å². The largest absolute Gasteiger partial charge is 0.494 e. The smallest absolute Gasteiger partial charge is 0.123 e. The van der Waals surface area contributed by atoms with E-state index < -0.39 is 6.10 Å². The Balaban J connectivity index is 2.37. The Bertz CT molecular complexity index is 374. The number of benzene rings is 1. The number of hydrogen-bond acceptors (Lipinski definition) is 4. The third kappa shape index (κ3) is 7.03. The van der Waals surface area contributed by atoms with Gasteiger partial charge in [0.2, 0.25) is 0 Å². The van der Waals surface area contributed by atoms with E-state index in [1.807, 2.05) is 31.2 Å². The van der Waals surface area contributed by atoms with E-state index in [2.05, 4.69) is 26.1 Å². The summed E-state index contributed by atoms with van der Waals surface area (Å²) >= 11 is 0. The molecule has 1 rings (SSSR count). The summed E-state index contributed by atoms with van der Waals surface area (Å²) in [5, 5.41) is 13.1. The predicted octanol–water partition coefficient (Wildman–Crippen LogP) is 2.21. The van der Waals surface area contributed by atoms with Crippen molar-refractivity contribution in [3.05, 3.63) is 24.3 Å². The topological polar surface area (TPSA) is 50.7 Å². The van der Waals surface area contributed by atoms with Crippen LogP contribution in [0.15, 0.2) is 24.3 Å². The van der Waals surface area contributed by atoms with Crippen LogP contribution in [0.5, 0.6) is 11.5 Å². The first-order valence-corrected chi connectivity index (χ1v) is 6.69. The first-order chi connectivity index (χ1) is 8.90. The van der Waals surface area contributed by atoms with Gasteiger partial charge in [0.1, 0.15) is 24.2 Å². The third-order valence-corrected chi connectivity index (χ3v) is 2.43. The summed E-state index contributed by atoms with van der Waals surface area (Å²) in [7, 11) is 0. The van der Waals surface area contributed by atoms with E-state index >= 15 is 0 Å². The highest BCUT2D eigenvalue weighted by molar-refractivity contribution is 5.32. The van der Waals surface area contributed by atoms with Gasteiger partial charge in [-0.2, -0.15) is 0 Å². The fourth-order valence-corrected chi connectivity index (χ4v) is 1.50. The van der Waals surface area contributed by atoms with E-state index in [0.29, 0.717) is 18.9 Å². The SMILES string of the molecule is CCOc1cccc(OCC(O)CNC(C)(C)C)c1. The highest BCUT2D eigenvalue weighted by Gasteiger charge is 2.12. The van der Waals surface area contributed by atoms with Gasteiger partial charge in [0.15, 0.2) is 0 Å². The minimum atomic E-state index is -0.532. The lowest BCUT2D eigenvalue weighted by molar-refractivity contribution is 0.0999. The van der Waals surface area contributed by atoms with E-state index in [0.717, 1.165) is 5.75 Å². The molecule has 108 valence electrons. The fraction of sp³-hybridized carbons (Fsp3) is 0.600. The number of β-amino-alcohol motifs (C(OH)–C–C–N with tert-alkyl or cyclic N) is 1. The molecule has 1 aromatic rings. The van der Waals surface area contributed by atoms with Gasteiger partial charge < -0.3 is 19.9 Å². The van der Waals surface area contributed by atoms with Crippen molar-refractivity contribution >= 4 is 0 Å². The lowest BCUT2D eigenvalue weighted by Gasteiger charge is -2.23. The number of aliphatic hydroxyl groups excluding tert-OH is 1. The van der Waals surface area contributed by atoms with Crippen LogP contribution in [0.3, 0.4) is 0 Å². The summed E-state index contributed by atoms with van der Waals surface area (Å²) in [4.78, 5) is 0. The molecular weight excluding hydrogens is 242 g/mol. The molecule has 0 aliphatic heterocycles. The van der Waals surface area contributed by atoms with Gasteiger partial charge in [0.05, 0.1) is 6.61 Å². The number of rotatable bonds is 7.